The number of aliphatic hydroxyl groups is 1. The summed E-state index contributed by atoms with van der Waals surface area (Å²) in [5.74, 6) is 0. The maximum Gasteiger partial charge on any atom is 0.324 e. The Balaban J connectivity index is 1.96. The van der Waals surface area contributed by atoms with Crippen LogP contribution < -0.4 is 5.32 Å². The van der Waals surface area contributed by atoms with E-state index in [0.717, 1.165) is 19.3 Å². The van der Waals surface area contributed by atoms with Crippen molar-refractivity contribution in [3.8, 4) is 0 Å². The van der Waals surface area contributed by atoms with Crippen LogP contribution in [0.5, 0.6) is 0 Å². The van der Waals surface area contributed by atoms with Crippen LogP contribution in [0.15, 0.2) is 48.5 Å². The molecule has 118 valence electrons. The number of benzene rings is 2. The van der Waals surface area contributed by atoms with Gasteiger partial charge in [0.25, 0.3) is 0 Å². The molecule has 1 heterocycles. The second-order valence-electron chi connectivity index (χ2n) is 6.11. The quantitative estimate of drug-likeness (QED) is 0.877. The van der Waals surface area contributed by atoms with Crippen LogP contribution in [0.4, 0.5) is 10.5 Å². The van der Waals surface area contributed by atoms with Gasteiger partial charge in [0.2, 0.25) is 0 Å². The van der Waals surface area contributed by atoms with Crippen molar-refractivity contribution >= 4 is 23.3 Å². The van der Waals surface area contributed by atoms with Crippen LogP contribution in [0.2, 0.25) is 5.02 Å². The molecule has 2 aromatic rings. The maximum atomic E-state index is 12.7. The summed E-state index contributed by atoms with van der Waals surface area (Å²) in [5, 5.41) is 15.1. The van der Waals surface area contributed by atoms with E-state index in [1.807, 2.05) is 30.3 Å². The van der Waals surface area contributed by atoms with Crippen molar-refractivity contribution in [2.24, 2.45) is 0 Å². The zero-order valence-corrected chi connectivity index (χ0v) is 13.3. The highest BCUT2D eigenvalue weighted by molar-refractivity contribution is 6.30. The third-order valence-electron chi connectivity index (χ3n) is 4.78. The Kier molecular flexibility index (Phi) is 3.32. The minimum Gasteiger partial charge on any atom is -0.363 e. The molecule has 2 aromatic carbocycles. The zero-order valence-electron chi connectivity index (χ0n) is 12.5. The molecule has 4 nitrogen and oxygen atoms in total. The average Bonchev–Trinajstić information content (AvgIpc) is 2.51. The molecular formula is C18H17ClN2O2. The summed E-state index contributed by atoms with van der Waals surface area (Å²) in [5.41, 5.74) is 0.379. The molecule has 0 bridgehead atoms. The van der Waals surface area contributed by atoms with Gasteiger partial charge in [-0.3, -0.25) is 4.90 Å². The molecule has 0 spiro atoms. The van der Waals surface area contributed by atoms with Gasteiger partial charge in [-0.1, -0.05) is 41.9 Å². The van der Waals surface area contributed by atoms with Gasteiger partial charge in [0, 0.05) is 22.2 Å². The number of hydrogen-bond donors (Lipinski definition) is 2. The molecule has 1 fully saturated rings. The van der Waals surface area contributed by atoms with Crippen LogP contribution >= 0.6 is 11.6 Å². The minimum atomic E-state index is -1.51. The molecule has 1 atom stereocenters. The third-order valence-corrected chi connectivity index (χ3v) is 5.02. The Hall–Kier alpha value is -2.04. The number of carbonyl (C=O) groups is 1. The largest absolute Gasteiger partial charge is 0.363 e. The van der Waals surface area contributed by atoms with Crippen molar-refractivity contribution in [3.63, 3.8) is 0 Å². The topological polar surface area (TPSA) is 52.6 Å². The summed E-state index contributed by atoms with van der Waals surface area (Å²) in [7, 11) is 0. The molecular weight excluding hydrogens is 312 g/mol. The van der Waals surface area contributed by atoms with E-state index in [-0.39, 0.29) is 12.1 Å². The first kappa shape index (κ1) is 14.5. The standard InChI is InChI=1S/C18H17ClN2O2/c19-13-9-10-16-15(11-13)18(23,12-5-2-1-3-6-12)21(17(22)20-16)14-7-4-8-14/h1-3,5-6,9-11,14,23H,4,7-8H2,(H,20,22). The lowest BCUT2D eigenvalue weighted by Gasteiger charge is -2.50. The second-order valence-corrected chi connectivity index (χ2v) is 6.55. The van der Waals surface area contributed by atoms with E-state index < -0.39 is 5.72 Å². The highest BCUT2D eigenvalue weighted by Gasteiger charge is 2.50. The lowest BCUT2D eigenvalue weighted by atomic mass is 9.83. The number of amides is 2. The fourth-order valence-electron chi connectivity index (χ4n) is 3.41. The molecule has 0 aromatic heterocycles. The molecule has 4 rings (SSSR count). The second kappa shape index (κ2) is 5.25. The Labute approximate surface area is 139 Å². The smallest absolute Gasteiger partial charge is 0.324 e. The molecule has 2 aliphatic rings. The fraction of sp³-hybridized carbons (Fsp3) is 0.278. The Bertz CT molecular complexity index is 761. The van der Waals surface area contributed by atoms with Gasteiger partial charge in [-0.15, -0.1) is 0 Å². The summed E-state index contributed by atoms with van der Waals surface area (Å²) in [6.07, 6.45) is 2.87. The highest BCUT2D eigenvalue weighted by atomic mass is 35.5. The number of hydrogen-bond acceptors (Lipinski definition) is 2. The van der Waals surface area contributed by atoms with E-state index in [4.69, 9.17) is 11.6 Å². The first-order chi connectivity index (χ1) is 11.1. The van der Waals surface area contributed by atoms with E-state index in [0.29, 0.717) is 21.8 Å². The fourth-order valence-corrected chi connectivity index (χ4v) is 3.58. The van der Waals surface area contributed by atoms with Gasteiger partial charge < -0.3 is 10.4 Å². The average molecular weight is 329 g/mol. The monoisotopic (exact) mass is 328 g/mol. The van der Waals surface area contributed by atoms with Crippen molar-refractivity contribution in [2.75, 3.05) is 5.32 Å². The van der Waals surface area contributed by atoms with E-state index in [9.17, 15) is 9.90 Å². The van der Waals surface area contributed by atoms with E-state index in [2.05, 4.69) is 5.32 Å². The van der Waals surface area contributed by atoms with Gasteiger partial charge >= 0.3 is 6.03 Å². The number of fused-ring (bicyclic) bond motifs is 1. The molecule has 1 unspecified atom stereocenters. The Morgan fingerprint density at radius 1 is 1.17 bits per heavy atom. The predicted molar refractivity (Wildman–Crippen MR) is 89.4 cm³/mol. The summed E-state index contributed by atoms with van der Waals surface area (Å²) >= 11 is 6.16. The summed E-state index contributed by atoms with van der Waals surface area (Å²) in [6, 6.07) is 14.3. The lowest BCUT2D eigenvalue weighted by molar-refractivity contribution is -0.0867. The summed E-state index contributed by atoms with van der Waals surface area (Å²) < 4.78 is 0. The molecule has 0 saturated heterocycles. The minimum absolute atomic E-state index is 0.0346. The number of nitrogens with zero attached hydrogens (tertiary/aromatic N) is 1. The number of urea groups is 1. The molecule has 1 aliphatic heterocycles. The van der Waals surface area contributed by atoms with Crippen molar-refractivity contribution < 1.29 is 9.90 Å². The molecule has 1 saturated carbocycles. The van der Waals surface area contributed by atoms with Gasteiger partial charge in [0.15, 0.2) is 5.72 Å². The van der Waals surface area contributed by atoms with E-state index in [1.54, 1.807) is 23.1 Å². The van der Waals surface area contributed by atoms with Gasteiger partial charge in [0.05, 0.1) is 5.69 Å². The molecule has 2 amide bonds. The van der Waals surface area contributed by atoms with Crippen LogP contribution in [-0.2, 0) is 5.72 Å². The molecule has 23 heavy (non-hydrogen) atoms. The molecule has 5 heteroatoms. The van der Waals surface area contributed by atoms with Gasteiger partial charge in [-0.25, -0.2) is 4.79 Å². The number of anilines is 1. The first-order valence-corrected chi connectivity index (χ1v) is 8.17. The van der Waals surface area contributed by atoms with E-state index >= 15 is 0 Å². The summed E-state index contributed by atoms with van der Waals surface area (Å²) in [4.78, 5) is 14.3. The lowest BCUT2D eigenvalue weighted by Crippen LogP contribution is -2.61. The number of nitrogens with one attached hydrogen (secondary N) is 1. The van der Waals surface area contributed by atoms with Crippen LogP contribution in [0.1, 0.15) is 30.4 Å². The van der Waals surface area contributed by atoms with Crippen LogP contribution in [0, 0.1) is 0 Å². The maximum absolute atomic E-state index is 12.7. The Morgan fingerprint density at radius 3 is 2.57 bits per heavy atom. The number of carbonyl (C=O) groups excluding carboxylic acids is 1. The molecule has 0 radical (unpaired) electrons. The summed E-state index contributed by atoms with van der Waals surface area (Å²) in [6.45, 7) is 0. The van der Waals surface area contributed by atoms with Crippen molar-refractivity contribution in [1.82, 2.24) is 4.90 Å². The van der Waals surface area contributed by atoms with Gasteiger partial charge in [-0.2, -0.15) is 0 Å². The van der Waals surface area contributed by atoms with Crippen LogP contribution in [0.3, 0.4) is 0 Å². The molecule has 1 aliphatic carbocycles. The van der Waals surface area contributed by atoms with E-state index in [1.165, 1.54) is 0 Å². The van der Waals surface area contributed by atoms with Crippen LogP contribution in [0.25, 0.3) is 0 Å². The molecule has 2 N–H and O–H groups in total. The SMILES string of the molecule is O=C1Nc2ccc(Cl)cc2C(O)(c2ccccc2)N1C1CCC1. The zero-order chi connectivity index (χ0) is 16.0. The highest BCUT2D eigenvalue weighted by Crippen LogP contribution is 2.46. The van der Waals surface area contributed by atoms with Gasteiger partial charge in [0.1, 0.15) is 0 Å². The first-order valence-electron chi connectivity index (χ1n) is 7.79. The van der Waals surface area contributed by atoms with Crippen molar-refractivity contribution in [3.05, 3.63) is 64.7 Å². The third kappa shape index (κ3) is 2.13. The normalized spacial score (nSPS) is 23.9. The van der Waals surface area contributed by atoms with Gasteiger partial charge in [-0.05, 0) is 37.5 Å². The van der Waals surface area contributed by atoms with Crippen molar-refractivity contribution in [1.29, 1.82) is 0 Å². The van der Waals surface area contributed by atoms with Crippen LogP contribution in [-0.4, -0.2) is 22.1 Å². The van der Waals surface area contributed by atoms with Crippen molar-refractivity contribution in [2.45, 2.75) is 31.0 Å². The number of rotatable bonds is 2. The number of halogens is 1. The predicted octanol–water partition coefficient (Wildman–Crippen LogP) is 3.93. The Morgan fingerprint density at radius 2 is 1.91 bits per heavy atom.